The van der Waals surface area contributed by atoms with Gasteiger partial charge in [0, 0.05) is 18.3 Å². The Morgan fingerprint density at radius 2 is 2.38 bits per heavy atom. The largest absolute Gasteiger partial charge is 0.353 e. The molecule has 0 aromatic rings. The number of halogens is 1. The maximum atomic E-state index is 11.3. The number of allylic oxidation sites excluding steroid dienone is 1. The molecule has 1 N–H and O–H groups in total. The lowest BCUT2D eigenvalue weighted by Gasteiger charge is -2.19. The first kappa shape index (κ1) is 10.6. The van der Waals surface area contributed by atoms with Crippen LogP contribution in [0, 0.1) is 0 Å². The van der Waals surface area contributed by atoms with E-state index < -0.39 is 0 Å². The van der Waals surface area contributed by atoms with Crippen molar-refractivity contribution >= 4 is 17.5 Å². The van der Waals surface area contributed by atoms with Crippen LogP contribution in [0.1, 0.15) is 32.1 Å². The molecule has 0 aromatic carbocycles. The smallest absolute Gasteiger partial charge is 0.220 e. The maximum absolute atomic E-state index is 11.3. The van der Waals surface area contributed by atoms with Gasteiger partial charge in [0.15, 0.2) is 0 Å². The molecule has 1 rings (SSSR count). The van der Waals surface area contributed by atoms with Gasteiger partial charge in [-0.15, -0.1) is 11.6 Å². The Morgan fingerprint density at radius 1 is 1.54 bits per heavy atom. The van der Waals surface area contributed by atoms with Gasteiger partial charge < -0.3 is 5.32 Å². The molecule has 0 aliphatic heterocycles. The van der Waals surface area contributed by atoms with Crippen LogP contribution in [-0.2, 0) is 4.79 Å². The van der Waals surface area contributed by atoms with Gasteiger partial charge in [-0.2, -0.15) is 0 Å². The van der Waals surface area contributed by atoms with Gasteiger partial charge in [-0.1, -0.05) is 12.2 Å². The van der Waals surface area contributed by atoms with Crippen LogP contribution in [0.5, 0.6) is 0 Å². The summed E-state index contributed by atoms with van der Waals surface area (Å²) < 4.78 is 0. The van der Waals surface area contributed by atoms with E-state index in [1.54, 1.807) is 0 Å². The van der Waals surface area contributed by atoms with Crippen LogP contribution in [0.4, 0.5) is 0 Å². The lowest BCUT2D eigenvalue weighted by molar-refractivity contribution is -0.121. The van der Waals surface area contributed by atoms with Crippen molar-refractivity contribution in [3.8, 4) is 0 Å². The minimum Gasteiger partial charge on any atom is -0.353 e. The van der Waals surface area contributed by atoms with Crippen molar-refractivity contribution in [1.82, 2.24) is 5.32 Å². The quantitative estimate of drug-likeness (QED) is 0.549. The van der Waals surface area contributed by atoms with Crippen molar-refractivity contribution in [2.45, 2.75) is 38.1 Å². The average Bonchev–Trinajstić information content (AvgIpc) is 2.16. The predicted molar refractivity (Wildman–Crippen MR) is 54.9 cm³/mol. The molecular weight excluding hydrogens is 186 g/mol. The third-order valence-corrected chi connectivity index (χ3v) is 2.44. The van der Waals surface area contributed by atoms with Gasteiger partial charge in [0.25, 0.3) is 0 Å². The molecule has 0 spiro atoms. The van der Waals surface area contributed by atoms with E-state index in [2.05, 4.69) is 17.5 Å². The number of nitrogens with one attached hydrogen (secondary N) is 1. The fourth-order valence-electron chi connectivity index (χ4n) is 1.45. The van der Waals surface area contributed by atoms with Crippen LogP contribution in [0.3, 0.4) is 0 Å². The molecule has 0 saturated heterocycles. The van der Waals surface area contributed by atoms with Crippen molar-refractivity contribution in [3.05, 3.63) is 12.2 Å². The highest BCUT2D eigenvalue weighted by atomic mass is 35.5. The first-order chi connectivity index (χ1) is 6.33. The monoisotopic (exact) mass is 201 g/mol. The molecule has 0 radical (unpaired) electrons. The van der Waals surface area contributed by atoms with E-state index in [9.17, 15) is 4.79 Å². The second-order valence-electron chi connectivity index (χ2n) is 3.34. The van der Waals surface area contributed by atoms with Crippen molar-refractivity contribution in [2.24, 2.45) is 0 Å². The highest BCUT2D eigenvalue weighted by molar-refractivity contribution is 6.17. The maximum Gasteiger partial charge on any atom is 0.220 e. The molecule has 74 valence electrons. The minimum absolute atomic E-state index is 0.140. The van der Waals surface area contributed by atoms with Gasteiger partial charge in [-0.3, -0.25) is 4.79 Å². The lowest BCUT2D eigenvalue weighted by Crippen LogP contribution is -2.35. The summed E-state index contributed by atoms with van der Waals surface area (Å²) >= 11 is 5.50. The van der Waals surface area contributed by atoms with Crippen LogP contribution in [0.15, 0.2) is 12.2 Å². The molecule has 0 heterocycles. The minimum atomic E-state index is 0.140. The lowest BCUT2D eigenvalue weighted by atomic mass is 10.0. The Kier molecular flexibility index (Phi) is 4.91. The molecule has 1 aliphatic carbocycles. The Hall–Kier alpha value is -0.500. The fourth-order valence-corrected chi connectivity index (χ4v) is 1.59. The summed E-state index contributed by atoms with van der Waals surface area (Å²) in [4.78, 5) is 11.3. The van der Waals surface area contributed by atoms with Crippen LogP contribution < -0.4 is 5.32 Å². The van der Waals surface area contributed by atoms with Gasteiger partial charge in [0.2, 0.25) is 5.91 Å². The first-order valence-corrected chi connectivity index (χ1v) is 5.36. The van der Waals surface area contributed by atoms with Gasteiger partial charge in [0.05, 0.1) is 0 Å². The molecule has 1 unspecified atom stereocenters. The van der Waals surface area contributed by atoms with Crippen molar-refractivity contribution in [3.63, 3.8) is 0 Å². The van der Waals surface area contributed by atoms with Crippen molar-refractivity contribution in [1.29, 1.82) is 0 Å². The van der Waals surface area contributed by atoms with Crippen LogP contribution >= 0.6 is 11.6 Å². The zero-order valence-electron chi connectivity index (χ0n) is 7.76. The molecule has 2 nitrogen and oxygen atoms in total. The summed E-state index contributed by atoms with van der Waals surface area (Å²) in [7, 11) is 0. The molecule has 3 heteroatoms. The Labute approximate surface area is 84.3 Å². The second kappa shape index (κ2) is 6.03. The number of amides is 1. The summed E-state index contributed by atoms with van der Waals surface area (Å²) in [6.07, 6.45) is 8.77. The van der Waals surface area contributed by atoms with E-state index in [4.69, 9.17) is 11.6 Å². The molecule has 0 saturated carbocycles. The molecule has 0 bridgehead atoms. The second-order valence-corrected chi connectivity index (χ2v) is 3.72. The van der Waals surface area contributed by atoms with Crippen molar-refractivity contribution < 1.29 is 4.79 Å². The highest BCUT2D eigenvalue weighted by Crippen LogP contribution is 2.10. The number of carbonyl (C=O) groups excluding carboxylic acids is 1. The molecule has 0 fully saturated rings. The standard InChI is InChI=1S/C10H16ClNO/c11-8-4-7-10(13)12-9-5-2-1-3-6-9/h1-2,9H,3-8H2,(H,12,13). The highest BCUT2D eigenvalue weighted by Gasteiger charge is 2.11. The van der Waals surface area contributed by atoms with Gasteiger partial charge in [-0.05, 0) is 25.7 Å². The molecule has 1 amide bonds. The summed E-state index contributed by atoms with van der Waals surface area (Å²) in [5.74, 6) is 0.707. The zero-order valence-corrected chi connectivity index (χ0v) is 8.52. The van der Waals surface area contributed by atoms with Crippen LogP contribution in [0.25, 0.3) is 0 Å². The number of carbonyl (C=O) groups is 1. The number of hydrogen-bond donors (Lipinski definition) is 1. The van der Waals surface area contributed by atoms with Crippen LogP contribution in [0.2, 0.25) is 0 Å². The summed E-state index contributed by atoms with van der Waals surface area (Å²) in [6.45, 7) is 0. The molecular formula is C10H16ClNO. The number of rotatable bonds is 4. The van der Waals surface area contributed by atoms with Gasteiger partial charge >= 0.3 is 0 Å². The Bertz CT molecular complexity index is 191. The topological polar surface area (TPSA) is 29.1 Å². The van der Waals surface area contributed by atoms with E-state index in [-0.39, 0.29) is 5.91 Å². The SMILES string of the molecule is O=C(CCCCl)NC1CC=CCC1. The Balaban J connectivity index is 2.15. The Morgan fingerprint density at radius 3 is 3.00 bits per heavy atom. The van der Waals surface area contributed by atoms with E-state index in [0.717, 1.165) is 25.7 Å². The molecule has 1 atom stereocenters. The van der Waals surface area contributed by atoms with Crippen molar-refractivity contribution in [2.75, 3.05) is 5.88 Å². The molecule has 0 aromatic heterocycles. The van der Waals surface area contributed by atoms with Crippen LogP contribution in [-0.4, -0.2) is 17.8 Å². The fraction of sp³-hybridized carbons (Fsp3) is 0.700. The molecule has 13 heavy (non-hydrogen) atoms. The van der Waals surface area contributed by atoms with E-state index in [0.29, 0.717) is 18.3 Å². The number of hydrogen-bond acceptors (Lipinski definition) is 1. The van der Waals surface area contributed by atoms with Gasteiger partial charge in [0.1, 0.15) is 0 Å². The summed E-state index contributed by atoms with van der Waals surface area (Å²) in [6, 6.07) is 0.354. The number of alkyl halides is 1. The third kappa shape index (κ3) is 4.32. The third-order valence-electron chi connectivity index (χ3n) is 2.17. The first-order valence-electron chi connectivity index (χ1n) is 4.83. The van der Waals surface area contributed by atoms with Gasteiger partial charge in [-0.25, -0.2) is 0 Å². The molecule has 1 aliphatic rings. The average molecular weight is 202 g/mol. The van der Waals surface area contributed by atoms with E-state index >= 15 is 0 Å². The summed E-state index contributed by atoms with van der Waals surface area (Å²) in [5, 5.41) is 3.00. The van der Waals surface area contributed by atoms with E-state index in [1.165, 1.54) is 0 Å². The normalized spacial score (nSPS) is 21.5. The van der Waals surface area contributed by atoms with E-state index in [1.807, 2.05) is 0 Å². The summed E-state index contributed by atoms with van der Waals surface area (Å²) in [5.41, 5.74) is 0. The predicted octanol–water partition coefficient (Wildman–Crippen LogP) is 2.23. The zero-order chi connectivity index (χ0) is 9.52.